The Hall–Kier alpha value is -2.88. The predicted octanol–water partition coefficient (Wildman–Crippen LogP) is 4.06. The van der Waals surface area contributed by atoms with Crippen LogP contribution in [-0.2, 0) is 13.0 Å². The van der Waals surface area contributed by atoms with Crippen molar-refractivity contribution in [2.75, 3.05) is 5.32 Å². The van der Waals surface area contributed by atoms with Crippen molar-refractivity contribution >= 4 is 11.6 Å². The molecule has 1 aromatic heterocycles. The number of nitrogens with zero attached hydrogens (tertiary/aromatic N) is 2. The Balaban J connectivity index is 1.61. The van der Waals surface area contributed by atoms with Gasteiger partial charge < -0.3 is 9.88 Å². The maximum absolute atomic E-state index is 12.5. The van der Waals surface area contributed by atoms with Crippen LogP contribution in [0.2, 0.25) is 0 Å². The van der Waals surface area contributed by atoms with Crippen LogP contribution in [0, 0.1) is 6.92 Å². The van der Waals surface area contributed by atoms with Gasteiger partial charge in [0.25, 0.3) is 5.91 Å². The Kier molecular flexibility index (Phi) is 3.65. The van der Waals surface area contributed by atoms with E-state index in [-0.39, 0.29) is 5.91 Å². The number of hydrogen-bond acceptors (Lipinski definition) is 2. The highest BCUT2D eigenvalue weighted by atomic mass is 16.1. The molecule has 120 valence electrons. The predicted molar refractivity (Wildman–Crippen MR) is 95.1 cm³/mol. The molecule has 2 aromatic carbocycles. The summed E-state index contributed by atoms with van der Waals surface area (Å²) in [4.78, 5) is 17.0. The molecule has 4 nitrogen and oxygen atoms in total. The molecule has 0 aliphatic carbocycles. The monoisotopic (exact) mass is 317 g/mol. The van der Waals surface area contributed by atoms with E-state index in [4.69, 9.17) is 0 Å². The van der Waals surface area contributed by atoms with Gasteiger partial charge in [0.05, 0.1) is 11.9 Å². The molecule has 0 saturated heterocycles. The molecule has 2 heterocycles. The fourth-order valence-electron chi connectivity index (χ4n) is 3.27. The van der Waals surface area contributed by atoms with Crippen LogP contribution in [0.25, 0.3) is 11.3 Å². The highest BCUT2D eigenvalue weighted by molar-refractivity contribution is 6.05. The molecule has 0 fully saturated rings. The van der Waals surface area contributed by atoms with Crippen LogP contribution >= 0.6 is 0 Å². The maximum Gasteiger partial charge on any atom is 0.255 e. The van der Waals surface area contributed by atoms with Crippen molar-refractivity contribution in [2.24, 2.45) is 0 Å². The Bertz CT molecular complexity index is 911. The first-order valence-electron chi connectivity index (χ1n) is 8.24. The largest absolute Gasteiger partial charge is 0.328 e. The first-order chi connectivity index (χ1) is 11.7. The normalized spacial score (nSPS) is 12.9. The third-order valence-electron chi connectivity index (χ3n) is 4.53. The Labute approximate surface area is 141 Å². The number of aryl methyl sites for hydroxylation is 2. The van der Waals surface area contributed by atoms with E-state index in [0.29, 0.717) is 5.56 Å². The van der Waals surface area contributed by atoms with Gasteiger partial charge >= 0.3 is 0 Å². The highest BCUT2D eigenvalue weighted by Gasteiger charge is 2.17. The van der Waals surface area contributed by atoms with Crippen LogP contribution in [0.5, 0.6) is 0 Å². The average Bonchev–Trinajstić information content (AvgIpc) is 3.18. The zero-order valence-corrected chi connectivity index (χ0v) is 13.6. The van der Waals surface area contributed by atoms with Crippen LogP contribution in [0.1, 0.15) is 28.2 Å². The van der Waals surface area contributed by atoms with Gasteiger partial charge in [-0.3, -0.25) is 4.79 Å². The first-order valence-corrected chi connectivity index (χ1v) is 8.24. The number of hydrogen-bond donors (Lipinski definition) is 1. The molecule has 1 amide bonds. The van der Waals surface area contributed by atoms with Gasteiger partial charge in [-0.1, -0.05) is 30.3 Å². The molecule has 0 radical (unpaired) electrons. The number of anilines is 1. The Morgan fingerprint density at radius 1 is 1.17 bits per heavy atom. The molecule has 0 bridgehead atoms. The summed E-state index contributed by atoms with van der Waals surface area (Å²) in [7, 11) is 0. The van der Waals surface area contributed by atoms with E-state index in [0.717, 1.165) is 47.7 Å². The number of amides is 1. The zero-order chi connectivity index (χ0) is 16.5. The van der Waals surface area contributed by atoms with E-state index < -0.39 is 0 Å². The Morgan fingerprint density at radius 3 is 2.92 bits per heavy atom. The fraction of sp³-hybridized carbons (Fsp3) is 0.200. The smallest absolute Gasteiger partial charge is 0.255 e. The number of rotatable bonds is 3. The van der Waals surface area contributed by atoms with Crippen molar-refractivity contribution < 1.29 is 4.79 Å². The molecule has 1 aliphatic heterocycles. The molecular weight excluding hydrogens is 298 g/mol. The number of carbonyl (C=O) groups is 1. The molecule has 3 aromatic rings. The van der Waals surface area contributed by atoms with Gasteiger partial charge in [0.1, 0.15) is 5.82 Å². The number of benzene rings is 2. The van der Waals surface area contributed by atoms with Crippen LogP contribution in [0.4, 0.5) is 5.69 Å². The minimum Gasteiger partial charge on any atom is -0.328 e. The third-order valence-corrected chi connectivity index (χ3v) is 4.53. The molecule has 1 aliphatic rings. The van der Waals surface area contributed by atoms with Crippen molar-refractivity contribution in [3.05, 3.63) is 71.7 Å². The van der Waals surface area contributed by atoms with Crippen molar-refractivity contribution in [3.8, 4) is 11.3 Å². The molecule has 4 rings (SSSR count). The molecule has 0 unspecified atom stereocenters. The van der Waals surface area contributed by atoms with E-state index in [1.807, 2.05) is 55.6 Å². The SMILES string of the molecule is Cc1ccccc1C(=O)Nc1cccc(-c2cnc3n2CCC3)c1. The maximum atomic E-state index is 12.5. The van der Waals surface area contributed by atoms with E-state index in [1.165, 1.54) is 0 Å². The van der Waals surface area contributed by atoms with E-state index in [9.17, 15) is 4.79 Å². The summed E-state index contributed by atoms with van der Waals surface area (Å²) in [6.07, 6.45) is 4.13. The third kappa shape index (κ3) is 2.60. The molecule has 24 heavy (non-hydrogen) atoms. The summed E-state index contributed by atoms with van der Waals surface area (Å²) in [6, 6.07) is 15.6. The molecule has 1 N–H and O–H groups in total. The van der Waals surface area contributed by atoms with Crippen LogP contribution in [0.15, 0.2) is 54.7 Å². The summed E-state index contributed by atoms with van der Waals surface area (Å²) in [6.45, 7) is 2.96. The van der Waals surface area contributed by atoms with Crippen LogP contribution in [-0.4, -0.2) is 15.5 Å². The van der Waals surface area contributed by atoms with Gasteiger partial charge in [0, 0.05) is 29.8 Å². The van der Waals surface area contributed by atoms with Crippen molar-refractivity contribution in [3.63, 3.8) is 0 Å². The molecule has 0 atom stereocenters. The summed E-state index contributed by atoms with van der Waals surface area (Å²) in [5, 5.41) is 3.00. The minimum atomic E-state index is -0.0798. The van der Waals surface area contributed by atoms with E-state index >= 15 is 0 Å². The minimum absolute atomic E-state index is 0.0798. The van der Waals surface area contributed by atoms with Crippen molar-refractivity contribution in [2.45, 2.75) is 26.3 Å². The van der Waals surface area contributed by atoms with Crippen molar-refractivity contribution in [1.29, 1.82) is 0 Å². The van der Waals surface area contributed by atoms with Gasteiger partial charge in [-0.25, -0.2) is 4.98 Å². The highest BCUT2D eigenvalue weighted by Crippen LogP contribution is 2.27. The van der Waals surface area contributed by atoms with Crippen LogP contribution in [0.3, 0.4) is 0 Å². The van der Waals surface area contributed by atoms with Gasteiger partial charge in [0.2, 0.25) is 0 Å². The number of carbonyl (C=O) groups excluding carboxylic acids is 1. The molecular formula is C20H19N3O. The first kappa shape index (κ1) is 14.7. The Morgan fingerprint density at radius 2 is 2.04 bits per heavy atom. The van der Waals surface area contributed by atoms with Crippen LogP contribution < -0.4 is 5.32 Å². The molecule has 0 saturated carbocycles. The molecule has 0 spiro atoms. The van der Waals surface area contributed by atoms with Gasteiger partial charge in [-0.2, -0.15) is 0 Å². The second-order valence-corrected chi connectivity index (χ2v) is 6.16. The lowest BCUT2D eigenvalue weighted by atomic mass is 10.1. The number of nitrogens with one attached hydrogen (secondary N) is 1. The standard InChI is InChI=1S/C20H19N3O/c1-14-6-2-3-9-17(14)20(24)22-16-8-4-7-15(12-16)18-13-21-19-10-5-11-23(18)19/h2-4,6-9,12-13H,5,10-11H2,1H3,(H,22,24). The fourth-order valence-corrected chi connectivity index (χ4v) is 3.27. The molecule has 4 heteroatoms. The lowest BCUT2D eigenvalue weighted by Gasteiger charge is -2.10. The van der Waals surface area contributed by atoms with Crippen molar-refractivity contribution in [1.82, 2.24) is 9.55 Å². The van der Waals surface area contributed by atoms with E-state index in [1.54, 1.807) is 0 Å². The summed E-state index contributed by atoms with van der Waals surface area (Å²) in [5.74, 6) is 1.07. The lowest BCUT2D eigenvalue weighted by molar-refractivity contribution is 0.102. The second-order valence-electron chi connectivity index (χ2n) is 6.16. The van der Waals surface area contributed by atoms with Gasteiger partial charge in [-0.15, -0.1) is 0 Å². The number of imidazole rings is 1. The zero-order valence-electron chi connectivity index (χ0n) is 13.6. The topological polar surface area (TPSA) is 46.9 Å². The summed E-state index contributed by atoms with van der Waals surface area (Å²) in [5.41, 5.74) is 4.68. The van der Waals surface area contributed by atoms with Gasteiger partial charge in [0.15, 0.2) is 0 Å². The quantitative estimate of drug-likeness (QED) is 0.792. The van der Waals surface area contributed by atoms with E-state index in [2.05, 4.69) is 20.9 Å². The number of aromatic nitrogens is 2. The summed E-state index contributed by atoms with van der Waals surface area (Å²) >= 11 is 0. The number of fused-ring (bicyclic) bond motifs is 1. The lowest BCUT2D eigenvalue weighted by Crippen LogP contribution is -2.13. The average molecular weight is 317 g/mol. The van der Waals surface area contributed by atoms with Gasteiger partial charge in [-0.05, 0) is 37.1 Å². The second kappa shape index (κ2) is 5.96. The summed E-state index contributed by atoms with van der Waals surface area (Å²) < 4.78 is 2.27.